The van der Waals surface area contributed by atoms with Crippen molar-refractivity contribution in [2.24, 2.45) is 10.7 Å². The average Bonchev–Trinajstić information content (AvgIpc) is 2.17. The second-order valence-corrected chi connectivity index (χ2v) is 4.04. The van der Waals surface area contributed by atoms with Gasteiger partial charge in [-0.05, 0) is 25.5 Å². The van der Waals surface area contributed by atoms with Gasteiger partial charge in [-0.1, -0.05) is 18.2 Å². The van der Waals surface area contributed by atoms with E-state index in [1.807, 2.05) is 19.1 Å². The van der Waals surface area contributed by atoms with Crippen LogP contribution in [0.2, 0.25) is 0 Å². The fraction of sp³-hybridized carbons (Fsp3) is 0.364. The number of rotatable bonds is 4. The summed E-state index contributed by atoms with van der Waals surface area (Å²) in [6, 6.07) is 8.31. The van der Waals surface area contributed by atoms with Crippen molar-refractivity contribution in [2.45, 2.75) is 18.7 Å². The van der Waals surface area contributed by atoms with Crippen molar-refractivity contribution in [2.75, 3.05) is 12.3 Å². The number of amidine groups is 1. The second-order valence-electron chi connectivity index (χ2n) is 3.02. The third-order valence-electron chi connectivity index (χ3n) is 1.83. The van der Waals surface area contributed by atoms with Gasteiger partial charge in [0.2, 0.25) is 0 Å². The number of benzene rings is 1. The summed E-state index contributed by atoms with van der Waals surface area (Å²) in [5.74, 6) is 1.50. The average molecular weight is 208 g/mol. The number of nitrogens with zero attached hydrogens (tertiary/aromatic N) is 1. The lowest BCUT2D eigenvalue weighted by atomic mass is 10.2. The minimum atomic E-state index is 0.723. The van der Waals surface area contributed by atoms with E-state index in [-0.39, 0.29) is 0 Å². The maximum absolute atomic E-state index is 5.71. The molecule has 2 N–H and O–H groups in total. The predicted molar refractivity (Wildman–Crippen MR) is 64.1 cm³/mol. The van der Waals surface area contributed by atoms with E-state index in [4.69, 9.17) is 5.73 Å². The highest BCUT2D eigenvalue weighted by Gasteiger charge is 1.98. The highest BCUT2D eigenvalue weighted by Crippen LogP contribution is 2.21. The van der Waals surface area contributed by atoms with Crippen molar-refractivity contribution in [3.63, 3.8) is 0 Å². The number of thioether (sulfide) groups is 1. The van der Waals surface area contributed by atoms with Crippen LogP contribution < -0.4 is 5.73 Å². The fourth-order valence-electron chi connectivity index (χ4n) is 1.12. The van der Waals surface area contributed by atoms with E-state index >= 15 is 0 Å². The van der Waals surface area contributed by atoms with Crippen LogP contribution in [-0.4, -0.2) is 18.1 Å². The summed E-state index contributed by atoms with van der Waals surface area (Å²) in [4.78, 5) is 5.42. The molecule has 0 radical (unpaired) electrons. The number of aryl methyl sites for hydroxylation is 1. The van der Waals surface area contributed by atoms with Crippen LogP contribution in [0, 0.1) is 6.92 Å². The Morgan fingerprint density at radius 1 is 1.43 bits per heavy atom. The van der Waals surface area contributed by atoms with Crippen LogP contribution in [0.15, 0.2) is 34.2 Å². The molecule has 76 valence electrons. The number of hydrogen-bond acceptors (Lipinski definition) is 2. The fourth-order valence-corrected chi connectivity index (χ4v) is 1.98. The van der Waals surface area contributed by atoms with Gasteiger partial charge < -0.3 is 5.73 Å². The van der Waals surface area contributed by atoms with Gasteiger partial charge >= 0.3 is 0 Å². The van der Waals surface area contributed by atoms with Crippen LogP contribution in [0.25, 0.3) is 0 Å². The molecule has 0 spiro atoms. The maximum atomic E-state index is 5.71. The first-order chi connectivity index (χ1) is 6.74. The van der Waals surface area contributed by atoms with Crippen molar-refractivity contribution in [3.05, 3.63) is 29.8 Å². The minimum absolute atomic E-state index is 0.723. The zero-order valence-electron chi connectivity index (χ0n) is 8.66. The number of nitrogens with two attached hydrogens (primary N) is 1. The molecular formula is C11H16N2S. The summed E-state index contributed by atoms with van der Waals surface area (Å²) >= 11 is 1.74. The van der Waals surface area contributed by atoms with Gasteiger partial charge in [-0.3, -0.25) is 4.99 Å². The van der Waals surface area contributed by atoms with Gasteiger partial charge in [0.25, 0.3) is 0 Å². The zero-order chi connectivity index (χ0) is 10.4. The summed E-state index contributed by atoms with van der Waals surface area (Å²) in [6.45, 7) is 4.86. The molecule has 0 bridgehead atoms. The van der Waals surface area contributed by atoms with Gasteiger partial charge in [0.05, 0.1) is 5.75 Å². The van der Waals surface area contributed by atoms with Crippen molar-refractivity contribution >= 4 is 17.6 Å². The molecule has 0 amide bonds. The van der Waals surface area contributed by atoms with Crippen LogP contribution in [0.5, 0.6) is 0 Å². The van der Waals surface area contributed by atoms with Gasteiger partial charge in [-0.15, -0.1) is 11.8 Å². The topological polar surface area (TPSA) is 38.4 Å². The molecule has 0 heterocycles. The molecule has 0 aliphatic rings. The van der Waals surface area contributed by atoms with Crippen molar-refractivity contribution in [3.8, 4) is 0 Å². The number of hydrogen-bond donors (Lipinski definition) is 1. The molecule has 0 saturated carbocycles. The summed E-state index contributed by atoms with van der Waals surface area (Å²) in [5.41, 5.74) is 7.00. The van der Waals surface area contributed by atoms with Crippen molar-refractivity contribution < 1.29 is 0 Å². The van der Waals surface area contributed by atoms with Gasteiger partial charge in [-0.25, -0.2) is 0 Å². The molecule has 0 saturated heterocycles. The van der Waals surface area contributed by atoms with E-state index in [2.05, 4.69) is 24.0 Å². The Hall–Kier alpha value is -0.960. The van der Waals surface area contributed by atoms with Crippen molar-refractivity contribution in [1.82, 2.24) is 0 Å². The molecule has 1 aromatic rings. The molecule has 2 nitrogen and oxygen atoms in total. The Bertz CT molecular complexity index is 321. The lowest BCUT2D eigenvalue weighted by Crippen LogP contribution is -2.14. The lowest BCUT2D eigenvalue weighted by molar-refractivity contribution is 1.12. The minimum Gasteiger partial charge on any atom is -0.387 e. The van der Waals surface area contributed by atoms with Gasteiger partial charge in [0.1, 0.15) is 5.84 Å². The molecule has 1 rings (SSSR count). The Morgan fingerprint density at radius 3 is 2.79 bits per heavy atom. The SMILES string of the molecule is CCN=C(N)CSc1ccccc1C. The highest BCUT2D eigenvalue weighted by molar-refractivity contribution is 8.00. The third-order valence-corrected chi connectivity index (χ3v) is 3.04. The molecule has 0 aliphatic carbocycles. The molecule has 0 atom stereocenters. The monoisotopic (exact) mass is 208 g/mol. The predicted octanol–water partition coefficient (Wildman–Crippen LogP) is 2.46. The van der Waals surface area contributed by atoms with Crippen LogP contribution in [0.3, 0.4) is 0 Å². The molecule has 0 aliphatic heterocycles. The molecule has 0 unspecified atom stereocenters. The first kappa shape index (κ1) is 11.1. The second kappa shape index (κ2) is 5.70. The Morgan fingerprint density at radius 2 is 2.14 bits per heavy atom. The van der Waals surface area contributed by atoms with E-state index in [1.54, 1.807) is 11.8 Å². The molecule has 3 heteroatoms. The molecule has 0 aromatic heterocycles. The smallest absolute Gasteiger partial charge is 0.104 e. The van der Waals surface area contributed by atoms with E-state index in [9.17, 15) is 0 Å². The Balaban J connectivity index is 2.54. The zero-order valence-corrected chi connectivity index (χ0v) is 9.47. The quantitative estimate of drug-likeness (QED) is 0.469. The largest absolute Gasteiger partial charge is 0.387 e. The highest BCUT2D eigenvalue weighted by atomic mass is 32.2. The van der Waals surface area contributed by atoms with Crippen LogP contribution in [0.1, 0.15) is 12.5 Å². The van der Waals surface area contributed by atoms with E-state index in [0.29, 0.717) is 0 Å². The van der Waals surface area contributed by atoms with E-state index in [1.165, 1.54) is 10.5 Å². The van der Waals surface area contributed by atoms with Crippen LogP contribution in [0.4, 0.5) is 0 Å². The van der Waals surface area contributed by atoms with Gasteiger partial charge in [0.15, 0.2) is 0 Å². The first-order valence-corrected chi connectivity index (χ1v) is 5.69. The maximum Gasteiger partial charge on any atom is 0.104 e. The molecular weight excluding hydrogens is 192 g/mol. The Labute approximate surface area is 89.6 Å². The van der Waals surface area contributed by atoms with Crippen LogP contribution >= 0.6 is 11.8 Å². The normalized spacial score (nSPS) is 11.7. The summed E-state index contributed by atoms with van der Waals surface area (Å²) in [7, 11) is 0. The lowest BCUT2D eigenvalue weighted by Gasteiger charge is -2.04. The number of aliphatic imine (C=N–C) groups is 1. The molecule has 0 fully saturated rings. The van der Waals surface area contributed by atoms with Crippen molar-refractivity contribution in [1.29, 1.82) is 0 Å². The Kier molecular flexibility index (Phi) is 4.53. The van der Waals surface area contributed by atoms with E-state index in [0.717, 1.165) is 18.1 Å². The summed E-state index contributed by atoms with van der Waals surface area (Å²) < 4.78 is 0. The third kappa shape index (κ3) is 3.42. The summed E-state index contributed by atoms with van der Waals surface area (Å²) in [6.07, 6.45) is 0. The molecule has 1 aromatic carbocycles. The van der Waals surface area contributed by atoms with E-state index < -0.39 is 0 Å². The van der Waals surface area contributed by atoms with Crippen LogP contribution in [-0.2, 0) is 0 Å². The van der Waals surface area contributed by atoms with Gasteiger partial charge in [0, 0.05) is 11.4 Å². The summed E-state index contributed by atoms with van der Waals surface area (Å²) in [5, 5.41) is 0. The molecule has 14 heavy (non-hydrogen) atoms. The van der Waals surface area contributed by atoms with Gasteiger partial charge in [-0.2, -0.15) is 0 Å². The first-order valence-electron chi connectivity index (χ1n) is 4.71. The standard InChI is InChI=1S/C11H16N2S/c1-3-13-11(12)8-14-10-7-5-4-6-9(10)2/h4-7H,3,8H2,1-2H3,(H2,12,13).